The smallest absolute Gasteiger partial charge is 0.309 e. The van der Waals surface area contributed by atoms with Crippen LogP contribution in [0, 0.1) is 0 Å². The van der Waals surface area contributed by atoms with Gasteiger partial charge in [-0.15, -0.1) is 0 Å². The zero-order valence-electron chi connectivity index (χ0n) is 15.2. The molecule has 0 fully saturated rings. The van der Waals surface area contributed by atoms with Gasteiger partial charge in [0.2, 0.25) is 0 Å². The molecule has 0 aliphatic heterocycles. The van der Waals surface area contributed by atoms with Crippen LogP contribution in [0.25, 0.3) is 0 Å². The standard InChI is InChI=1S/C17H28N4O3/c1-20(2)14-8-6-13(7-9-14)15(21(3)4)12-19-17(23)16(22)18-10-11-24-5/h6-9,15H,10-12H2,1-5H3,(H,18,22)(H,19,23)/p+1/t15-/m0/s1. The van der Waals surface area contributed by atoms with Gasteiger partial charge in [0.15, 0.2) is 0 Å². The Morgan fingerprint density at radius 1 is 1.12 bits per heavy atom. The second kappa shape index (κ2) is 9.89. The van der Waals surface area contributed by atoms with Gasteiger partial charge in [-0.3, -0.25) is 9.59 Å². The van der Waals surface area contributed by atoms with Gasteiger partial charge in [0.05, 0.1) is 27.2 Å². The SMILES string of the molecule is COCCNC(=O)C(=O)NC[C@@H](c1ccc(N(C)C)cc1)[NH+](C)C. The van der Waals surface area contributed by atoms with E-state index in [9.17, 15) is 9.59 Å². The van der Waals surface area contributed by atoms with Crippen LogP contribution in [0.5, 0.6) is 0 Å². The second-order valence-corrected chi connectivity index (χ2v) is 6.07. The third kappa shape index (κ3) is 6.17. The summed E-state index contributed by atoms with van der Waals surface area (Å²) in [6.45, 7) is 1.08. The predicted octanol–water partition coefficient (Wildman–Crippen LogP) is -1.18. The first-order valence-electron chi connectivity index (χ1n) is 7.99. The monoisotopic (exact) mass is 337 g/mol. The fourth-order valence-electron chi connectivity index (χ4n) is 2.28. The molecule has 0 unspecified atom stereocenters. The van der Waals surface area contributed by atoms with E-state index in [0.29, 0.717) is 19.7 Å². The van der Waals surface area contributed by atoms with E-state index in [-0.39, 0.29) is 6.04 Å². The summed E-state index contributed by atoms with van der Waals surface area (Å²) in [5.41, 5.74) is 2.23. The van der Waals surface area contributed by atoms with E-state index in [1.807, 2.05) is 45.2 Å². The number of rotatable bonds is 8. The van der Waals surface area contributed by atoms with Gasteiger partial charge in [0, 0.05) is 39.0 Å². The number of anilines is 1. The molecule has 0 saturated carbocycles. The van der Waals surface area contributed by atoms with Crippen molar-refractivity contribution in [2.24, 2.45) is 0 Å². The van der Waals surface area contributed by atoms with Crippen LogP contribution >= 0.6 is 0 Å². The highest BCUT2D eigenvalue weighted by molar-refractivity contribution is 6.35. The number of ether oxygens (including phenoxy) is 1. The quantitative estimate of drug-likeness (QED) is 0.412. The van der Waals surface area contributed by atoms with E-state index in [1.54, 1.807) is 0 Å². The number of quaternary nitrogens is 1. The molecule has 1 rings (SSSR count). The minimum absolute atomic E-state index is 0.0666. The van der Waals surface area contributed by atoms with Gasteiger partial charge in [-0.25, -0.2) is 0 Å². The van der Waals surface area contributed by atoms with Crippen LogP contribution in [0.3, 0.4) is 0 Å². The van der Waals surface area contributed by atoms with E-state index in [0.717, 1.165) is 11.3 Å². The Balaban J connectivity index is 2.63. The molecule has 0 aliphatic carbocycles. The van der Waals surface area contributed by atoms with E-state index < -0.39 is 11.8 Å². The molecule has 0 aliphatic rings. The summed E-state index contributed by atoms with van der Waals surface area (Å²) < 4.78 is 4.83. The van der Waals surface area contributed by atoms with Crippen LogP contribution in [0.1, 0.15) is 11.6 Å². The summed E-state index contributed by atoms with van der Waals surface area (Å²) in [6, 6.07) is 8.27. The number of carbonyl (C=O) groups is 2. The van der Waals surface area contributed by atoms with Crippen molar-refractivity contribution in [2.75, 3.05) is 59.9 Å². The lowest BCUT2D eigenvalue weighted by atomic mass is 10.1. The fraction of sp³-hybridized carbons (Fsp3) is 0.529. The van der Waals surface area contributed by atoms with Gasteiger partial charge in [-0.05, 0) is 12.1 Å². The lowest BCUT2D eigenvalue weighted by Crippen LogP contribution is -3.07. The van der Waals surface area contributed by atoms with Crippen LogP contribution in [-0.2, 0) is 14.3 Å². The van der Waals surface area contributed by atoms with E-state index in [4.69, 9.17) is 4.74 Å². The molecule has 7 nitrogen and oxygen atoms in total. The lowest BCUT2D eigenvalue weighted by molar-refractivity contribution is -0.890. The summed E-state index contributed by atoms with van der Waals surface area (Å²) >= 11 is 0. The molecule has 0 bridgehead atoms. The molecule has 0 aromatic heterocycles. The van der Waals surface area contributed by atoms with E-state index >= 15 is 0 Å². The molecule has 1 aromatic rings. The van der Waals surface area contributed by atoms with Gasteiger partial charge in [0.25, 0.3) is 0 Å². The summed E-state index contributed by atoms with van der Waals surface area (Å²) in [5.74, 6) is -1.26. The van der Waals surface area contributed by atoms with E-state index in [2.05, 4.69) is 22.8 Å². The molecule has 0 spiro atoms. The number of hydrogen-bond donors (Lipinski definition) is 3. The van der Waals surface area contributed by atoms with Crippen molar-refractivity contribution in [1.29, 1.82) is 0 Å². The Kier molecular flexibility index (Phi) is 8.21. The van der Waals surface area contributed by atoms with Crippen LogP contribution < -0.4 is 20.4 Å². The number of nitrogens with zero attached hydrogens (tertiary/aromatic N) is 1. The van der Waals surface area contributed by atoms with Crippen molar-refractivity contribution < 1.29 is 19.2 Å². The van der Waals surface area contributed by atoms with Gasteiger partial charge in [-0.1, -0.05) is 12.1 Å². The maximum atomic E-state index is 11.9. The molecule has 1 aromatic carbocycles. The summed E-state index contributed by atoms with van der Waals surface area (Å²) in [7, 11) is 9.57. The van der Waals surface area contributed by atoms with Crippen LogP contribution in [-0.4, -0.2) is 66.8 Å². The van der Waals surface area contributed by atoms with Crippen LogP contribution in [0.4, 0.5) is 5.69 Å². The minimum atomic E-state index is -0.637. The number of nitrogens with one attached hydrogen (secondary N) is 3. The number of hydrogen-bond acceptors (Lipinski definition) is 4. The molecular formula is C17H29N4O3+. The third-order valence-corrected chi connectivity index (χ3v) is 3.77. The summed E-state index contributed by atoms with van der Waals surface area (Å²) in [4.78, 5) is 26.7. The van der Waals surface area contributed by atoms with Crippen molar-refractivity contribution in [3.8, 4) is 0 Å². The number of methoxy groups -OCH3 is 1. The van der Waals surface area contributed by atoms with Crippen molar-refractivity contribution in [1.82, 2.24) is 10.6 Å². The number of benzene rings is 1. The fourth-order valence-corrected chi connectivity index (χ4v) is 2.28. The Labute approximate surface area is 144 Å². The normalized spacial score (nSPS) is 11.9. The Hall–Kier alpha value is -2.12. The lowest BCUT2D eigenvalue weighted by Gasteiger charge is -2.23. The van der Waals surface area contributed by atoms with E-state index in [1.165, 1.54) is 12.0 Å². The molecule has 7 heteroatoms. The van der Waals surface area contributed by atoms with Crippen LogP contribution in [0.2, 0.25) is 0 Å². The molecule has 2 amide bonds. The number of carbonyl (C=O) groups excluding carboxylic acids is 2. The van der Waals surface area contributed by atoms with Gasteiger partial charge < -0.3 is 25.2 Å². The maximum absolute atomic E-state index is 11.9. The zero-order chi connectivity index (χ0) is 18.1. The first kappa shape index (κ1) is 19.9. The van der Waals surface area contributed by atoms with Gasteiger partial charge in [0.1, 0.15) is 6.04 Å². The largest absolute Gasteiger partial charge is 0.383 e. The minimum Gasteiger partial charge on any atom is -0.383 e. The molecule has 24 heavy (non-hydrogen) atoms. The van der Waals surface area contributed by atoms with Crippen molar-refractivity contribution in [3.63, 3.8) is 0 Å². The third-order valence-electron chi connectivity index (χ3n) is 3.77. The Bertz CT molecular complexity index is 529. The Morgan fingerprint density at radius 2 is 1.71 bits per heavy atom. The highest BCUT2D eigenvalue weighted by Crippen LogP contribution is 2.15. The number of amides is 2. The first-order chi connectivity index (χ1) is 11.4. The maximum Gasteiger partial charge on any atom is 0.309 e. The molecular weight excluding hydrogens is 308 g/mol. The molecule has 3 N–H and O–H groups in total. The second-order valence-electron chi connectivity index (χ2n) is 6.07. The summed E-state index contributed by atoms with van der Waals surface area (Å²) in [5, 5.41) is 5.21. The average molecular weight is 337 g/mol. The van der Waals surface area contributed by atoms with Gasteiger partial charge in [-0.2, -0.15) is 0 Å². The van der Waals surface area contributed by atoms with Crippen LogP contribution in [0.15, 0.2) is 24.3 Å². The Morgan fingerprint density at radius 3 is 2.21 bits per heavy atom. The molecule has 0 radical (unpaired) electrons. The molecule has 0 heterocycles. The highest BCUT2D eigenvalue weighted by atomic mass is 16.5. The van der Waals surface area contributed by atoms with Crippen molar-refractivity contribution >= 4 is 17.5 Å². The van der Waals surface area contributed by atoms with Gasteiger partial charge >= 0.3 is 11.8 Å². The van der Waals surface area contributed by atoms with Crippen molar-refractivity contribution in [3.05, 3.63) is 29.8 Å². The number of likely N-dealkylation sites (N-methyl/N-ethyl adjacent to an activating group) is 1. The summed E-state index contributed by atoms with van der Waals surface area (Å²) in [6.07, 6.45) is 0. The first-order valence-corrected chi connectivity index (χ1v) is 7.99. The molecule has 1 atom stereocenters. The molecule has 0 saturated heterocycles. The predicted molar refractivity (Wildman–Crippen MR) is 94.2 cm³/mol. The highest BCUT2D eigenvalue weighted by Gasteiger charge is 2.21. The molecule has 134 valence electrons. The average Bonchev–Trinajstić information content (AvgIpc) is 2.55. The van der Waals surface area contributed by atoms with Crippen molar-refractivity contribution in [2.45, 2.75) is 6.04 Å². The topological polar surface area (TPSA) is 75.1 Å². The zero-order valence-corrected chi connectivity index (χ0v) is 15.2.